The molecular formula is C16H21N3O3. The third kappa shape index (κ3) is 2.77. The molecule has 0 saturated carbocycles. The van der Waals surface area contributed by atoms with Gasteiger partial charge in [0.1, 0.15) is 0 Å². The van der Waals surface area contributed by atoms with E-state index in [2.05, 4.69) is 12.0 Å². The second-order valence-corrected chi connectivity index (χ2v) is 6.15. The lowest BCUT2D eigenvalue weighted by molar-refractivity contribution is -0.128. The van der Waals surface area contributed by atoms with E-state index in [-0.39, 0.29) is 17.5 Å². The van der Waals surface area contributed by atoms with Crippen LogP contribution in [0.25, 0.3) is 0 Å². The van der Waals surface area contributed by atoms with Gasteiger partial charge in [-0.2, -0.15) is 5.10 Å². The van der Waals surface area contributed by atoms with Crippen LogP contribution in [-0.4, -0.2) is 44.8 Å². The molecule has 2 aliphatic rings. The lowest BCUT2D eigenvalue weighted by Gasteiger charge is -2.32. The Morgan fingerprint density at radius 2 is 2.00 bits per heavy atom. The second kappa shape index (κ2) is 5.94. The molecule has 1 aliphatic carbocycles. The summed E-state index contributed by atoms with van der Waals surface area (Å²) in [5.41, 5.74) is 2.46. The van der Waals surface area contributed by atoms with Gasteiger partial charge in [-0.1, -0.05) is 5.57 Å². The third-order valence-electron chi connectivity index (χ3n) is 4.73. The molecule has 1 amide bonds. The number of hydrogen-bond donors (Lipinski definition) is 1. The second-order valence-electron chi connectivity index (χ2n) is 6.15. The minimum atomic E-state index is -0.956. The van der Waals surface area contributed by atoms with E-state index in [4.69, 9.17) is 5.11 Å². The lowest BCUT2D eigenvalue weighted by Crippen LogP contribution is -2.39. The zero-order valence-electron chi connectivity index (χ0n) is 12.8. The summed E-state index contributed by atoms with van der Waals surface area (Å²) >= 11 is 0. The van der Waals surface area contributed by atoms with E-state index in [1.165, 1.54) is 11.8 Å². The van der Waals surface area contributed by atoms with Gasteiger partial charge in [0.15, 0.2) is 0 Å². The number of rotatable bonds is 3. The van der Waals surface area contributed by atoms with Crippen LogP contribution in [0.1, 0.15) is 55.4 Å². The van der Waals surface area contributed by atoms with Crippen LogP contribution in [0.5, 0.6) is 0 Å². The number of amides is 1. The highest BCUT2D eigenvalue weighted by Gasteiger charge is 2.28. The topological polar surface area (TPSA) is 75.4 Å². The summed E-state index contributed by atoms with van der Waals surface area (Å²) in [6, 6.07) is 0.177. The van der Waals surface area contributed by atoms with E-state index in [0.717, 1.165) is 37.7 Å². The molecule has 2 heterocycles. The van der Waals surface area contributed by atoms with E-state index in [0.29, 0.717) is 13.1 Å². The van der Waals surface area contributed by atoms with Gasteiger partial charge in [-0.3, -0.25) is 9.48 Å². The maximum absolute atomic E-state index is 12.5. The number of carboxylic acids is 1. The Hall–Kier alpha value is -2.11. The molecule has 0 atom stereocenters. The Morgan fingerprint density at radius 3 is 2.55 bits per heavy atom. The molecule has 3 rings (SSSR count). The van der Waals surface area contributed by atoms with Crippen molar-refractivity contribution in [2.24, 2.45) is 0 Å². The van der Waals surface area contributed by atoms with E-state index in [1.54, 1.807) is 10.9 Å². The van der Waals surface area contributed by atoms with Crippen molar-refractivity contribution >= 4 is 11.9 Å². The summed E-state index contributed by atoms with van der Waals surface area (Å²) in [7, 11) is 0. The summed E-state index contributed by atoms with van der Waals surface area (Å²) in [4.78, 5) is 25.4. The number of carboxylic acid groups (broad SMARTS) is 1. The van der Waals surface area contributed by atoms with E-state index in [9.17, 15) is 9.59 Å². The smallest absolute Gasteiger partial charge is 0.338 e. The molecule has 1 N–H and O–H groups in total. The molecule has 6 heteroatoms. The van der Waals surface area contributed by atoms with Crippen molar-refractivity contribution in [3.8, 4) is 0 Å². The summed E-state index contributed by atoms with van der Waals surface area (Å²) in [6.45, 7) is 3.48. The quantitative estimate of drug-likeness (QED) is 0.929. The van der Waals surface area contributed by atoms with Crippen LogP contribution in [0.2, 0.25) is 0 Å². The number of aromatic nitrogens is 2. The highest BCUT2D eigenvalue weighted by Crippen LogP contribution is 2.29. The molecule has 0 unspecified atom stereocenters. The van der Waals surface area contributed by atoms with Gasteiger partial charge in [-0.05, 0) is 39.0 Å². The number of allylic oxidation sites excluding steroid dienone is 1. The summed E-state index contributed by atoms with van der Waals surface area (Å²) < 4.78 is 1.73. The Kier molecular flexibility index (Phi) is 4.00. The minimum Gasteiger partial charge on any atom is -0.478 e. The zero-order valence-corrected chi connectivity index (χ0v) is 12.8. The first-order chi connectivity index (χ1) is 10.6. The van der Waals surface area contributed by atoms with Crippen molar-refractivity contribution in [1.82, 2.24) is 14.7 Å². The van der Waals surface area contributed by atoms with Crippen molar-refractivity contribution in [2.75, 3.05) is 13.1 Å². The Labute approximate surface area is 129 Å². The van der Waals surface area contributed by atoms with Crippen molar-refractivity contribution in [1.29, 1.82) is 0 Å². The van der Waals surface area contributed by atoms with Crippen molar-refractivity contribution in [3.63, 3.8) is 0 Å². The van der Waals surface area contributed by atoms with Gasteiger partial charge in [0.2, 0.25) is 5.91 Å². The highest BCUT2D eigenvalue weighted by molar-refractivity contribution is 5.94. The first-order valence-electron chi connectivity index (χ1n) is 7.81. The average molecular weight is 303 g/mol. The molecule has 1 fully saturated rings. The number of piperidine rings is 1. The molecule has 118 valence electrons. The van der Waals surface area contributed by atoms with Gasteiger partial charge in [0.05, 0.1) is 17.8 Å². The fraction of sp³-hybridized carbons (Fsp3) is 0.562. The van der Waals surface area contributed by atoms with Gasteiger partial charge in [0, 0.05) is 24.9 Å². The third-order valence-corrected chi connectivity index (χ3v) is 4.73. The average Bonchev–Trinajstić information content (AvgIpc) is 3.15. The molecule has 1 saturated heterocycles. The maximum atomic E-state index is 12.5. The Balaban J connectivity index is 1.61. The monoisotopic (exact) mass is 303 g/mol. The first kappa shape index (κ1) is 14.8. The standard InChI is InChI=1S/C16H21N3O3/c1-11-3-2-4-14(11)15(20)18-7-5-13(6-8-18)19-10-12(9-17-19)16(21)22/h9-10,13H,2-8H2,1H3,(H,21,22). The summed E-state index contributed by atoms with van der Waals surface area (Å²) in [6.07, 6.45) is 7.64. The number of aromatic carboxylic acids is 1. The number of carbonyl (C=O) groups excluding carboxylic acids is 1. The van der Waals surface area contributed by atoms with Crippen molar-refractivity contribution in [3.05, 3.63) is 29.1 Å². The SMILES string of the molecule is CC1=C(C(=O)N2CCC(n3cc(C(=O)O)cn3)CC2)CCC1. The van der Waals surface area contributed by atoms with Crippen LogP contribution < -0.4 is 0 Å². The molecule has 0 aromatic carbocycles. The van der Waals surface area contributed by atoms with Crippen LogP contribution in [0, 0.1) is 0 Å². The zero-order chi connectivity index (χ0) is 15.7. The van der Waals surface area contributed by atoms with Crippen molar-refractivity contribution < 1.29 is 14.7 Å². The molecule has 22 heavy (non-hydrogen) atoms. The fourth-order valence-corrected chi connectivity index (χ4v) is 3.36. The van der Waals surface area contributed by atoms with Crippen LogP contribution in [0.15, 0.2) is 23.5 Å². The van der Waals surface area contributed by atoms with Gasteiger partial charge < -0.3 is 10.0 Å². The Bertz CT molecular complexity index is 624. The molecule has 1 aromatic rings. The van der Waals surface area contributed by atoms with Crippen LogP contribution >= 0.6 is 0 Å². The summed E-state index contributed by atoms with van der Waals surface area (Å²) in [5.74, 6) is -0.761. The van der Waals surface area contributed by atoms with E-state index in [1.807, 2.05) is 4.90 Å². The molecular weight excluding hydrogens is 282 g/mol. The van der Waals surface area contributed by atoms with E-state index >= 15 is 0 Å². The fourth-order valence-electron chi connectivity index (χ4n) is 3.36. The normalized spacial score (nSPS) is 19.8. The predicted octanol–water partition coefficient (Wildman–Crippen LogP) is 2.25. The number of carbonyl (C=O) groups is 2. The largest absolute Gasteiger partial charge is 0.478 e. The van der Waals surface area contributed by atoms with Crippen LogP contribution in [0.3, 0.4) is 0 Å². The maximum Gasteiger partial charge on any atom is 0.338 e. The Morgan fingerprint density at radius 1 is 1.27 bits per heavy atom. The number of likely N-dealkylation sites (tertiary alicyclic amines) is 1. The molecule has 1 aromatic heterocycles. The molecule has 0 spiro atoms. The van der Waals surface area contributed by atoms with E-state index < -0.39 is 5.97 Å². The first-order valence-corrected chi connectivity index (χ1v) is 7.81. The van der Waals surface area contributed by atoms with Gasteiger partial charge in [-0.25, -0.2) is 4.79 Å². The summed E-state index contributed by atoms with van der Waals surface area (Å²) in [5, 5.41) is 13.1. The van der Waals surface area contributed by atoms with Gasteiger partial charge >= 0.3 is 5.97 Å². The minimum absolute atomic E-state index is 0.177. The van der Waals surface area contributed by atoms with Crippen LogP contribution in [0.4, 0.5) is 0 Å². The number of hydrogen-bond acceptors (Lipinski definition) is 3. The van der Waals surface area contributed by atoms with Gasteiger partial charge in [0.25, 0.3) is 0 Å². The van der Waals surface area contributed by atoms with Gasteiger partial charge in [-0.15, -0.1) is 0 Å². The molecule has 0 bridgehead atoms. The number of nitrogens with zero attached hydrogens (tertiary/aromatic N) is 3. The molecule has 6 nitrogen and oxygen atoms in total. The van der Waals surface area contributed by atoms with Crippen molar-refractivity contribution in [2.45, 2.75) is 45.1 Å². The van der Waals surface area contributed by atoms with Crippen LogP contribution in [-0.2, 0) is 4.79 Å². The molecule has 0 radical (unpaired) electrons. The molecule has 1 aliphatic heterocycles. The lowest BCUT2D eigenvalue weighted by atomic mass is 10.0. The highest BCUT2D eigenvalue weighted by atomic mass is 16.4. The predicted molar refractivity (Wildman–Crippen MR) is 80.6 cm³/mol.